The van der Waals surface area contributed by atoms with Crippen LogP contribution in [0.4, 0.5) is 0 Å². The van der Waals surface area contributed by atoms with Gasteiger partial charge in [0.2, 0.25) is 0 Å². The minimum absolute atomic E-state index is 0.731. The van der Waals surface area contributed by atoms with E-state index in [1.165, 1.54) is 4.91 Å². The van der Waals surface area contributed by atoms with Crippen LogP contribution in [-0.4, -0.2) is 6.61 Å². The van der Waals surface area contributed by atoms with E-state index in [2.05, 4.69) is 5.41 Å². The van der Waals surface area contributed by atoms with E-state index in [1.54, 1.807) is 11.8 Å². The molecule has 1 aromatic rings. The topological polar surface area (TPSA) is 9.23 Å². The Morgan fingerprint density at radius 3 is 2.55 bits per heavy atom. The normalized spacial score (nSPS) is 14.0. The van der Waals surface area contributed by atoms with E-state index in [0.717, 1.165) is 12.4 Å². The lowest BCUT2D eigenvalue weighted by molar-refractivity contribution is 0.361. The number of ether oxygens (including phenoxy) is 1. The highest BCUT2D eigenvalue weighted by Crippen LogP contribution is 2.33. The van der Waals surface area contributed by atoms with Crippen LogP contribution in [0, 0.1) is 0 Å². The molecule has 0 saturated carbocycles. The maximum absolute atomic E-state index is 5.44. The van der Waals surface area contributed by atoms with Crippen LogP contribution in [0.25, 0.3) is 0 Å². The Morgan fingerprint density at radius 2 is 1.91 bits per heavy atom. The van der Waals surface area contributed by atoms with Gasteiger partial charge in [0.1, 0.15) is 12.4 Å². The van der Waals surface area contributed by atoms with Gasteiger partial charge in [-0.3, -0.25) is 0 Å². The molecule has 1 nitrogen and oxygen atoms in total. The Hall–Kier alpha value is -0.890. The van der Waals surface area contributed by atoms with Crippen molar-refractivity contribution in [2.75, 3.05) is 6.61 Å². The number of para-hydroxylation sites is 1. The summed E-state index contributed by atoms with van der Waals surface area (Å²) < 4.78 is 5.44. The van der Waals surface area contributed by atoms with E-state index in [-0.39, 0.29) is 0 Å². The molecular weight excluding hydrogens is 156 g/mol. The van der Waals surface area contributed by atoms with Gasteiger partial charge in [-0.2, -0.15) is 0 Å². The molecule has 0 aliphatic carbocycles. The molecule has 0 bridgehead atoms. The van der Waals surface area contributed by atoms with Crippen LogP contribution in [0.3, 0.4) is 0 Å². The number of rotatable bonds is 3. The molecule has 11 heavy (non-hydrogen) atoms. The summed E-state index contributed by atoms with van der Waals surface area (Å²) in [5.74, 6) is 0.945. The SMILES string of the molecule is C1=C(COc2ccccc2)S1. The summed E-state index contributed by atoms with van der Waals surface area (Å²) in [5.41, 5.74) is 0. The fraction of sp³-hybridized carbons (Fsp3) is 0.111. The molecule has 0 aromatic heterocycles. The molecule has 1 aliphatic rings. The molecule has 0 amide bonds. The van der Waals surface area contributed by atoms with Crippen molar-refractivity contribution < 1.29 is 4.74 Å². The number of hydrogen-bond donors (Lipinski definition) is 0. The Bertz CT molecular complexity index is 266. The summed E-state index contributed by atoms with van der Waals surface area (Å²) in [4.78, 5) is 1.33. The maximum atomic E-state index is 5.44. The summed E-state index contributed by atoms with van der Waals surface area (Å²) in [6, 6.07) is 9.87. The van der Waals surface area contributed by atoms with Gasteiger partial charge < -0.3 is 4.74 Å². The Morgan fingerprint density at radius 1 is 1.18 bits per heavy atom. The Labute approximate surface area is 70.1 Å². The summed E-state index contributed by atoms with van der Waals surface area (Å²) in [7, 11) is 0. The predicted molar refractivity (Wildman–Crippen MR) is 47.6 cm³/mol. The third-order valence-corrected chi connectivity index (χ3v) is 2.10. The molecule has 0 spiro atoms. The quantitative estimate of drug-likeness (QED) is 0.679. The molecule has 0 saturated heterocycles. The van der Waals surface area contributed by atoms with Gasteiger partial charge in [0.25, 0.3) is 0 Å². The van der Waals surface area contributed by atoms with Gasteiger partial charge in [0, 0.05) is 4.91 Å². The monoisotopic (exact) mass is 164 g/mol. The molecular formula is C9H8OS. The van der Waals surface area contributed by atoms with Crippen molar-refractivity contribution in [3.05, 3.63) is 40.6 Å². The van der Waals surface area contributed by atoms with Crippen LogP contribution >= 0.6 is 11.8 Å². The minimum Gasteiger partial charge on any atom is -0.488 e. The van der Waals surface area contributed by atoms with Crippen molar-refractivity contribution in [3.63, 3.8) is 0 Å². The van der Waals surface area contributed by atoms with E-state index < -0.39 is 0 Å². The van der Waals surface area contributed by atoms with Gasteiger partial charge in [0.05, 0.1) is 0 Å². The lowest BCUT2D eigenvalue weighted by atomic mass is 10.3. The third-order valence-electron chi connectivity index (χ3n) is 1.41. The summed E-state index contributed by atoms with van der Waals surface area (Å²) in [6.07, 6.45) is 0. The van der Waals surface area contributed by atoms with Crippen molar-refractivity contribution in [1.82, 2.24) is 0 Å². The third kappa shape index (κ3) is 2.02. The average molecular weight is 164 g/mol. The van der Waals surface area contributed by atoms with Crippen LogP contribution in [0.1, 0.15) is 0 Å². The first-order valence-electron chi connectivity index (χ1n) is 3.49. The molecule has 0 fully saturated rings. The molecule has 0 unspecified atom stereocenters. The van der Waals surface area contributed by atoms with Crippen molar-refractivity contribution in [1.29, 1.82) is 0 Å². The first-order chi connectivity index (χ1) is 5.45. The lowest BCUT2D eigenvalue weighted by Gasteiger charge is -2.00. The second-order valence-electron chi connectivity index (χ2n) is 2.30. The van der Waals surface area contributed by atoms with Crippen LogP contribution in [0.2, 0.25) is 0 Å². The van der Waals surface area contributed by atoms with Gasteiger partial charge in [-0.05, 0) is 17.5 Å². The zero-order valence-electron chi connectivity index (χ0n) is 5.99. The number of benzene rings is 1. The molecule has 0 radical (unpaired) electrons. The van der Waals surface area contributed by atoms with Gasteiger partial charge >= 0.3 is 0 Å². The van der Waals surface area contributed by atoms with Gasteiger partial charge in [0.15, 0.2) is 0 Å². The zero-order chi connectivity index (χ0) is 7.52. The number of thioether (sulfide) groups is 1. The lowest BCUT2D eigenvalue weighted by Crippen LogP contribution is -1.93. The van der Waals surface area contributed by atoms with Crippen LogP contribution in [-0.2, 0) is 0 Å². The molecule has 2 heteroatoms. The van der Waals surface area contributed by atoms with E-state index in [1.807, 2.05) is 30.3 Å². The van der Waals surface area contributed by atoms with Crippen LogP contribution < -0.4 is 4.74 Å². The van der Waals surface area contributed by atoms with Crippen molar-refractivity contribution in [2.45, 2.75) is 0 Å². The second kappa shape index (κ2) is 3.01. The molecule has 0 atom stereocenters. The molecule has 1 aromatic carbocycles. The highest BCUT2D eigenvalue weighted by atomic mass is 32.2. The van der Waals surface area contributed by atoms with Crippen molar-refractivity contribution >= 4 is 11.8 Å². The number of hydrogen-bond acceptors (Lipinski definition) is 2. The van der Waals surface area contributed by atoms with Crippen molar-refractivity contribution in [3.8, 4) is 5.75 Å². The summed E-state index contributed by atoms with van der Waals surface area (Å²) in [6.45, 7) is 0.731. The van der Waals surface area contributed by atoms with Crippen molar-refractivity contribution in [2.24, 2.45) is 0 Å². The molecule has 1 heterocycles. The van der Waals surface area contributed by atoms with Crippen LogP contribution in [0.5, 0.6) is 5.75 Å². The second-order valence-corrected chi connectivity index (χ2v) is 3.30. The van der Waals surface area contributed by atoms with E-state index >= 15 is 0 Å². The Kier molecular flexibility index (Phi) is 1.86. The summed E-state index contributed by atoms with van der Waals surface area (Å²) >= 11 is 1.75. The van der Waals surface area contributed by atoms with Gasteiger partial charge in [-0.25, -0.2) is 0 Å². The first-order valence-corrected chi connectivity index (χ1v) is 4.37. The van der Waals surface area contributed by atoms with Gasteiger partial charge in [-0.15, -0.1) is 0 Å². The molecule has 2 rings (SSSR count). The summed E-state index contributed by atoms with van der Waals surface area (Å²) in [5, 5.41) is 2.10. The largest absolute Gasteiger partial charge is 0.488 e. The fourth-order valence-electron chi connectivity index (χ4n) is 0.781. The predicted octanol–water partition coefficient (Wildman–Crippen LogP) is 2.65. The first kappa shape index (κ1) is 6.80. The van der Waals surface area contributed by atoms with E-state index in [9.17, 15) is 0 Å². The molecule has 1 aliphatic heterocycles. The van der Waals surface area contributed by atoms with E-state index in [0.29, 0.717) is 0 Å². The average Bonchev–Trinajstić information content (AvgIpc) is 2.86. The standard InChI is InChI=1S/C9H8OS/c1-2-4-8(5-3-1)10-6-9-7-11-9/h1-5,7H,6H2. The molecule has 0 N–H and O–H groups in total. The van der Waals surface area contributed by atoms with Gasteiger partial charge in [-0.1, -0.05) is 30.0 Å². The Balaban J connectivity index is 1.90. The van der Waals surface area contributed by atoms with Crippen LogP contribution in [0.15, 0.2) is 40.6 Å². The molecule has 56 valence electrons. The highest BCUT2D eigenvalue weighted by Gasteiger charge is 2.08. The smallest absolute Gasteiger partial charge is 0.120 e. The maximum Gasteiger partial charge on any atom is 0.120 e. The van der Waals surface area contributed by atoms with E-state index in [4.69, 9.17) is 4.74 Å². The fourth-order valence-corrected chi connectivity index (χ4v) is 1.06. The highest BCUT2D eigenvalue weighted by molar-refractivity contribution is 8.12. The minimum atomic E-state index is 0.731. The zero-order valence-corrected chi connectivity index (χ0v) is 6.80.